The third kappa shape index (κ3) is 2.96. The van der Waals surface area contributed by atoms with Crippen LogP contribution in [0.25, 0.3) is 0 Å². The van der Waals surface area contributed by atoms with E-state index in [-0.39, 0.29) is 17.4 Å². The van der Waals surface area contributed by atoms with Crippen LogP contribution >= 0.6 is 11.3 Å². The van der Waals surface area contributed by atoms with E-state index in [0.717, 1.165) is 0 Å². The van der Waals surface area contributed by atoms with Gasteiger partial charge >= 0.3 is 0 Å². The molecule has 0 bridgehead atoms. The number of hydrogen-bond acceptors (Lipinski definition) is 5. The molecule has 1 unspecified atom stereocenters. The van der Waals surface area contributed by atoms with Crippen molar-refractivity contribution in [1.82, 2.24) is 9.97 Å². The highest BCUT2D eigenvalue weighted by Crippen LogP contribution is 2.30. The molecule has 2 heterocycles. The van der Waals surface area contributed by atoms with Gasteiger partial charge in [0.2, 0.25) is 5.75 Å². The smallest absolute Gasteiger partial charge is 0.295 e. The predicted molar refractivity (Wildman–Crippen MR) is 76.9 cm³/mol. The number of aromatic amines is 1. The summed E-state index contributed by atoms with van der Waals surface area (Å²) in [6.45, 7) is 4.24. The molecule has 0 aliphatic heterocycles. The molecule has 0 aliphatic carbocycles. The zero-order valence-electron chi connectivity index (χ0n) is 11.1. The van der Waals surface area contributed by atoms with Gasteiger partial charge in [0.05, 0.1) is 19.5 Å². The zero-order chi connectivity index (χ0) is 13.8. The van der Waals surface area contributed by atoms with Crippen LogP contribution in [-0.2, 0) is 0 Å². The fourth-order valence-electron chi connectivity index (χ4n) is 1.86. The second-order valence-corrected chi connectivity index (χ2v) is 5.47. The van der Waals surface area contributed by atoms with E-state index in [1.54, 1.807) is 11.3 Å². The fraction of sp³-hybridized carbons (Fsp3) is 0.385. The summed E-state index contributed by atoms with van der Waals surface area (Å²) >= 11 is 1.68. The third-order valence-electron chi connectivity index (χ3n) is 2.82. The maximum atomic E-state index is 11.7. The van der Waals surface area contributed by atoms with E-state index in [9.17, 15) is 4.79 Å². The highest BCUT2D eigenvalue weighted by atomic mass is 32.1. The molecule has 2 aromatic rings. The minimum absolute atomic E-state index is 0.100. The Morgan fingerprint density at radius 1 is 1.47 bits per heavy atom. The maximum Gasteiger partial charge on any atom is 0.295 e. The van der Waals surface area contributed by atoms with Crippen molar-refractivity contribution in [3.63, 3.8) is 0 Å². The van der Waals surface area contributed by atoms with Crippen molar-refractivity contribution in [1.29, 1.82) is 0 Å². The number of nitrogens with zero attached hydrogens (tertiary/aromatic N) is 1. The molecule has 19 heavy (non-hydrogen) atoms. The minimum atomic E-state index is -0.284. The number of aromatic nitrogens is 2. The first kappa shape index (κ1) is 13.6. The quantitative estimate of drug-likeness (QED) is 0.883. The molecule has 2 rings (SSSR count). The Morgan fingerprint density at radius 3 is 2.84 bits per heavy atom. The largest absolute Gasteiger partial charge is 0.489 e. The molecular weight excluding hydrogens is 262 g/mol. The van der Waals surface area contributed by atoms with E-state index >= 15 is 0 Å². The summed E-state index contributed by atoms with van der Waals surface area (Å²) in [7, 11) is 1.47. The number of anilines is 1. The average Bonchev–Trinajstić information content (AvgIpc) is 2.89. The van der Waals surface area contributed by atoms with E-state index in [1.165, 1.54) is 18.3 Å². The summed E-state index contributed by atoms with van der Waals surface area (Å²) in [6.07, 6.45) is 1.37. The number of H-pyrrole nitrogens is 1. The van der Waals surface area contributed by atoms with Crippen LogP contribution < -0.4 is 15.6 Å². The third-order valence-corrected chi connectivity index (χ3v) is 3.78. The average molecular weight is 279 g/mol. The first-order valence-corrected chi connectivity index (χ1v) is 6.93. The Labute approximate surface area is 115 Å². The number of rotatable bonds is 5. The van der Waals surface area contributed by atoms with Crippen molar-refractivity contribution >= 4 is 17.2 Å². The second kappa shape index (κ2) is 5.88. The molecule has 0 amide bonds. The van der Waals surface area contributed by atoms with Crippen LogP contribution in [0.1, 0.15) is 24.8 Å². The second-order valence-electron chi connectivity index (χ2n) is 4.49. The van der Waals surface area contributed by atoms with Gasteiger partial charge in [-0.25, -0.2) is 4.98 Å². The van der Waals surface area contributed by atoms with Gasteiger partial charge in [0, 0.05) is 4.88 Å². The molecular formula is C13H17N3O2S. The lowest BCUT2D eigenvalue weighted by molar-refractivity contribution is 0.406. The Bertz CT molecular complexity index is 578. The minimum Gasteiger partial charge on any atom is -0.489 e. The maximum absolute atomic E-state index is 11.7. The van der Waals surface area contributed by atoms with Gasteiger partial charge in [0.15, 0.2) is 5.82 Å². The van der Waals surface area contributed by atoms with Crippen molar-refractivity contribution in [2.45, 2.75) is 19.9 Å². The topological polar surface area (TPSA) is 67.0 Å². The van der Waals surface area contributed by atoms with E-state index < -0.39 is 0 Å². The molecule has 5 nitrogen and oxygen atoms in total. The molecule has 0 aromatic carbocycles. The van der Waals surface area contributed by atoms with Crippen LogP contribution in [0.2, 0.25) is 0 Å². The molecule has 0 aliphatic rings. The van der Waals surface area contributed by atoms with Crippen LogP contribution in [0.5, 0.6) is 5.75 Å². The first-order chi connectivity index (χ1) is 9.13. The summed E-state index contributed by atoms with van der Waals surface area (Å²) < 4.78 is 5.11. The van der Waals surface area contributed by atoms with E-state index in [4.69, 9.17) is 4.74 Å². The zero-order valence-corrected chi connectivity index (χ0v) is 12.0. The monoisotopic (exact) mass is 279 g/mol. The lowest BCUT2D eigenvalue weighted by atomic mass is 10.0. The number of nitrogens with one attached hydrogen (secondary N) is 2. The SMILES string of the molecule is COc1c(NC(c2cccs2)C(C)C)nc[nH]c1=O. The highest BCUT2D eigenvalue weighted by Gasteiger charge is 2.20. The molecule has 0 fully saturated rings. The molecule has 2 aromatic heterocycles. The number of ether oxygens (including phenoxy) is 1. The van der Waals surface area contributed by atoms with Gasteiger partial charge in [-0.3, -0.25) is 4.79 Å². The van der Waals surface area contributed by atoms with Crippen LogP contribution in [-0.4, -0.2) is 17.1 Å². The number of thiophene rings is 1. The van der Waals surface area contributed by atoms with Gasteiger partial charge in [-0.05, 0) is 17.4 Å². The van der Waals surface area contributed by atoms with Crippen LogP contribution in [0.4, 0.5) is 5.82 Å². The predicted octanol–water partition coefficient (Wildman–Crippen LogP) is 2.65. The molecule has 0 saturated carbocycles. The Hall–Kier alpha value is -1.82. The molecule has 0 radical (unpaired) electrons. The van der Waals surface area contributed by atoms with E-state index in [1.807, 2.05) is 11.4 Å². The van der Waals surface area contributed by atoms with Gasteiger partial charge < -0.3 is 15.0 Å². The van der Waals surface area contributed by atoms with Crippen molar-refractivity contribution in [3.05, 3.63) is 39.1 Å². The number of methoxy groups -OCH3 is 1. The normalized spacial score (nSPS) is 12.4. The lowest BCUT2D eigenvalue weighted by Gasteiger charge is -2.22. The summed E-state index contributed by atoms with van der Waals surface area (Å²) in [6, 6.07) is 4.19. The Kier molecular flexibility index (Phi) is 4.21. The van der Waals surface area contributed by atoms with E-state index in [0.29, 0.717) is 11.7 Å². The molecule has 6 heteroatoms. The van der Waals surface area contributed by atoms with Gasteiger partial charge in [-0.1, -0.05) is 19.9 Å². The Balaban J connectivity index is 2.33. The van der Waals surface area contributed by atoms with Crippen LogP contribution in [0, 0.1) is 5.92 Å². The van der Waals surface area contributed by atoms with Gasteiger partial charge in [0.25, 0.3) is 5.56 Å². The summed E-state index contributed by atoms with van der Waals surface area (Å²) in [5.74, 6) is 1.05. The van der Waals surface area contributed by atoms with Crippen molar-refractivity contribution in [2.75, 3.05) is 12.4 Å². The molecule has 0 spiro atoms. The standard InChI is InChI=1S/C13H17N3O2S/c1-8(2)10(9-5-4-6-19-9)16-12-11(18-3)13(17)15-7-14-12/h4-8,10H,1-3H3,(H2,14,15,16,17). The van der Waals surface area contributed by atoms with Crippen molar-refractivity contribution < 1.29 is 4.74 Å². The molecule has 102 valence electrons. The lowest BCUT2D eigenvalue weighted by Crippen LogP contribution is -2.20. The van der Waals surface area contributed by atoms with Crippen LogP contribution in [0.15, 0.2) is 28.6 Å². The summed E-state index contributed by atoms with van der Waals surface area (Å²) in [5, 5.41) is 5.33. The van der Waals surface area contributed by atoms with Gasteiger partial charge in [0.1, 0.15) is 0 Å². The fourth-order valence-corrected chi connectivity index (χ4v) is 2.81. The molecule has 1 atom stereocenters. The summed E-state index contributed by atoms with van der Waals surface area (Å²) in [5.41, 5.74) is -0.284. The van der Waals surface area contributed by atoms with Crippen molar-refractivity contribution in [2.24, 2.45) is 5.92 Å². The Morgan fingerprint density at radius 2 is 2.26 bits per heavy atom. The van der Waals surface area contributed by atoms with Gasteiger partial charge in [-0.2, -0.15) is 0 Å². The van der Waals surface area contributed by atoms with Gasteiger partial charge in [-0.15, -0.1) is 11.3 Å². The first-order valence-electron chi connectivity index (χ1n) is 6.05. The summed E-state index contributed by atoms with van der Waals surface area (Å²) in [4.78, 5) is 19.5. The highest BCUT2D eigenvalue weighted by molar-refractivity contribution is 7.10. The molecule has 2 N–H and O–H groups in total. The van der Waals surface area contributed by atoms with Crippen LogP contribution in [0.3, 0.4) is 0 Å². The van der Waals surface area contributed by atoms with Crippen molar-refractivity contribution in [3.8, 4) is 5.75 Å². The molecule has 0 saturated heterocycles. The number of hydrogen-bond donors (Lipinski definition) is 2. The van der Waals surface area contributed by atoms with E-state index in [2.05, 4.69) is 35.2 Å².